The molecule has 0 saturated heterocycles. The van der Waals surface area contributed by atoms with Crippen molar-refractivity contribution in [1.29, 1.82) is 0 Å². The number of aryl methyl sites for hydroxylation is 1. The molecule has 11 heteroatoms. The van der Waals surface area contributed by atoms with Gasteiger partial charge in [0.05, 0.1) is 22.6 Å². The molecule has 2 aliphatic rings. The molecule has 1 N–H and O–H groups in total. The quantitative estimate of drug-likeness (QED) is 0.216. The van der Waals surface area contributed by atoms with Crippen LogP contribution in [0.5, 0.6) is 0 Å². The highest BCUT2D eigenvalue weighted by atomic mass is 32.2. The van der Waals surface area contributed by atoms with Gasteiger partial charge in [0.25, 0.3) is 5.91 Å². The zero-order chi connectivity index (χ0) is 32.3. The lowest BCUT2D eigenvalue weighted by Crippen LogP contribution is -2.35. The Hall–Kier alpha value is -4.32. The number of sulfonamides is 1. The summed E-state index contributed by atoms with van der Waals surface area (Å²) in [7, 11) is -3.80. The van der Waals surface area contributed by atoms with Crippen molar-refractivity contribution in [1.82, 2.24) is 4.31 Å². The number of nitrogens with zero attached hydrogens (tertiary/aromatic N) is 1. The average Bonchev–Trinajstić information content (AvgIpc) is 3.45. The monoisotopic (exact) mass is 658 g/mol. The first kappa shape index (κ1) is 31.7. The lowest BCUT2D eigenvalue weighted by atomic mass is 9.95. The molecule has 1 aromatic heterocycles. The Morgan fingerprint density at radius 3 is 2.30 bits per heavy atom. The number of benzene rings is 3. The van der Waals surface area contributed by atoms with E-state index in [1.165, 1.54) is 39.9 Å². The molecule has 0 bridgehead atoms. The zero-order valence-corrected chi connectivity index (χ0v) is 27.0. The minimum Gasteiger partial charge on any atom is -0.462 e. The third-order valence-electron chi connectivity index (χ3n) is 8.28. The van der Waals surface area contributed by atoms with Gasteiger partial charge >= 0.3 is 11.9 Å². The van der Waals surface area contributed by atoms with E-state index >= 15 is 0 Å². The van der Waals surface area contributed by atoms with Gasteiger partial charge in [-0.25, -0.2) is 18.0 Å². The van der Waals surface area contributed by atoms with Crippen molar-refractivity contribution in [3.8, 4) is 0 Å². The molecule has 1 amide bonds. The van der Waals surface area contributed by atoms with Crippen molar-refractivity contribution in [3.63, 3.8) is 0 Å². The molecule has 0 fully saturated rings. The van der Waals surface area contributed by atoms with E-state index < -0.39 is 34.0 Å². The van der Waals surface area contributed by atoms with Crippen LogP contribution in [0.25, 0.3) is 0 Å². The third-order valence-corrected chi connectivity index (χ3v) is 11.3. The van der Waals surface area contributed by atoms with E-state index in [2.05, 4.69) is 5.32 Å². The van der Waals surface area contributed by atoms with Crippen molar-refractivity contribution in [3.05, 3.63) is 117 Å². The molecule has 1 unspecified atom stereocenters. The van der Waals surface area contributed by atoms with E-state index in [1.54, 1.807) is 37.3 Å². The van der Waals surface area contributed by atoms with Gasteiger partial charge in [0.2, 0.25) is 16.1 Å². The van der Waals surface area contributed by atoms with Gasteiger partial charge in [-0.3, -0.25) is 4.79 Å². The number of hydrogen-bond acceptors (Lipinski definition) is 8. The molecule has 3 aromatic carbocycles. The maximum absolute atomic E-state index is 13.8. The number of hydrogen-bond donors (Lipinski definition) is 1. The van der Waals surface area contributed by atoms with E-state index in [1.807, 2.05) is 24.3 Å². The predicted molar refractivity (Wildman–Crippen MR) is 174 cm³/mol. The fourth-order valence-electron chi connectivity index (χ4n) is 5.91. The smallest absolute Gasteiger partial charge is 0.341 e. The van der Waals surface area contributed by atoms with Crippen LogP contribution in [0, 0.1) is 0 Å². The Morgan fingerprint density at radius 1 is 0.870 bits per heavy atom. The molecule has 1 atom stereocenters. The predicted octanol–water partition coefficient (Wildman–Crippen LogP) is 6.09. The number of rotatable bonds is 9. The summed E-state index contributed by atoms with van der Waals surface area (Å²) in [4.78, 5) is 41.2. The molecule has 46 heavy (non-hydrogen) atoms. The van der Waals surface area contributed by atoms with E-state index in [9.17, 15) is 22.8 Å². The Kier molecular flexibility index (Phi) is 9.34. The molecule has 4 aromatic rings. The number of thiophene rings is 1. The van der Waals surface area contributed by atoms with Crippen LogP contribution in [0.1, 0.15) is 73.7 Å². The number of fused-ring (bicyclic) bond motifs is 2. The van der Waals surface area contributed by atoms with Crippen LogP contribution >= 0.6 is 11.3 Å². The molecule has 238 valence electrons. The lowest BCUT2D eigenvalue weighted by molar-refractivity contribution is -0.125. The van der Waals surface area contributed by atoms with Crippen LogP contribution in [0.3, 0.4) is 0 Å². The van der Waals surface area contributed by atoms with E-state index in [0.29, 0.717) is 29.1 Å². The molecule has 2 heterocycles. The summed E-state index contributed by atoms with van der Waals surface area (Å²) in [6.45, 7) is 2.57. The number of esters is 2. The Bertz CT molecular complexity index is 1870. The summed E-state index contributed by atoms with van der Waals surface area (Å²) in [6.07, 6.45) is 2.77. The van der Waals surface area contributed by atoms with Crippen LogP contribution in [0.4, 0.5) is 5.00 Å². The fraction of sp³-hybridized carbons (Fsp3) is 0.286. The normalized spacial score (nSPS) is 15.2. The first-order valence-corrected chi connectivity index (χ1v) is 17.6. The molecule has 9 nitrogen and oxygen atoms in total. The number of carbonyl (C=O) groups is 3. The number of amides is 1. The fourth-order valence-corrected chi connectivity index (χ4v) is 8.61. The highest BCUT2D eigenvalue weighted by Gasteiger charge is 2.32. The second kappa shape index (κ2) is 13.6. The second-order valence-electron chi connectivity index (χ2n) is 11.2. The van der Waals surface area contributed by atoms with Crippen LogP contribution in [0.2, 0.25) is 0 Å². The van der Waals surface area contributed by atoms with E-state index in [-0.39, 0.29) is 23.6 Å². The van der Waals surface area contributed by atoms with Crippen molar-refractivity contribution in [2.45, 2.75) is 56.6 Å². The SMILES string of the molecule is CCOC(=O)c1c(NC(=O)C(OC(=O)c2ccc(S(=O)(=O)N3CCc4ccccc4C3)cc2)c2ccccc2)sc2c1CCCC2. The number of ether oxygens (including phenoxy) is 2. The van der Waals surface area contributed by atoms with Gasteiger partial charge in [0.1, 0.15) is 5.00 Å². The maximum Gasteiger partial charge on any atom is 0.341 e. The molecular weight excluding hydrogens is 625 g/mol. The molecule has 0 saturated carbocycles. The van der Waals surface area contributed by atoms with Gasteiger partial charge in [-0.1, -0.05) is 54.6 Å². The Labute approximate surface area is 272 Å². The Balaban J connectivity index is 1.21. The molecule has 0 spiro atoms. The Morgan fingerprint density at radius 2 is 1.57 bits per heavy atom. The molecule has 6 rings (SSSR count). The summed E-state index contributed by atoms with van der Waals surface area (Å²) in [5, 5.41) is 3.23. The van der Waals surface area contributed by atoms with Crippen molar-refractivity contribution < 1.29 is 32.3 Å². The van der Waals surface area contributed by atoms with Gasteiger partial charge < -0.3 is 14.8 Å². The van der Waals surface area contributed by atoms with Crippen LogP contribution in [-0.4, -0.2) is 43.7 Å². The van der Waals surface area contributed by atoms with Crippen molar-refractivity contribution >= 4 is 44.2 Å². The van der Waals surface area contributed by atoms with Crippen LogP contribution in [-0.2, 0) is 50.1 Å². The molecule has 1 aliphatic heterocycles. The molecule has 1 aliphatic carbocycles. The summed E-state index contributed by atoms with van der Waals surface area (Å²) < 4.78 is 39.4. The number of nitrogens with one attached hydrogen (secondary N) is 1. The van der Waals surface area contributed by atoms with Gasteiger partial charge in [0.15, 0.2) is 0 Å². The average molecular weight is 659 g/mol. The molecular formula is C35H34N2O7S2. The van der Waals surface area contributed by atoms with Crippen LogP contribution < -0.4 is 5.32 Å². The third kappa shape index (κ3) is 6.48. The van der Waals surface area contributed by atoms with Gasteiger partial charge in [-0.2, -0.15) is 4.31 Å². The minimum atomic E-state index is -3.80. The van der Waals surface area contributed by atoms with Crippen LogP contribution in [0.15, 0.2) is 83.8 Å². The molecule has 0 radical (unpaired) electrons. The summed E-state index contributed by atoms with van der Waals surface area (Å²) in [5.74, 6) is -1.90. The first-order valence-electron chi connectivity index (χ1n) is 15.3. The standard InChI is InChI=1S/C35H34N2O7S2/c1-2-43-35(40)30-28-14-8-9-15-29(28)45-33(30)36-32(38)31(24-11-4-3-5-12-24)44-34(39)25-16-18-27(19-17-25)46(41,42)37-21-20-23-10-6-7-13-26(23)22-37/h3-7,10-13,16-19,31H,2,8-9,14-15,20-22H2,1H3,(H,36,38). The second-order valence-corrected chi connectivity index (χ2v) is 14.2. The zero-order valence-electron chi connectivity index (χ0n) is 25.4. The minimum absolute atomic E-state index is 0.0638. The number of anilines is 1. The summed E-state index contributed by atoms with van der Waals surface area (Å²) in [6, 6.07) is 21.9. The van der Waals surface area contributed by atoms with E-state index in [0.717, 1.165) is 47.3 Å². The van der Waals surface area contributed by atoms with Gasteiger partial charge in [-0.15, -0.1) is 11.3 Å². The van der Waals surface area contributed by atoms with Gasteiger partial charge in [-0.05, 0) is 80.0 Å². The first-order chi connectivity index (χ1) is 22.3. The number of carbonyl (C=O) groups excluding carboxylic acids is 3. The topological polar surface area (TPSA) is 119 Å². The van der Waals surface area contributed by atoms with Gasteiger partial charge in [0, 0.05) is 23.5 Å². The highest BCUT2D eigenvalue weighted by Crippen LogP contribution is 2.39. The maximum atomic E-state index is 13.8. The highest BCUT2D eigenvalue weighted by molar-refractivity contribution is 7.89. The largest absolute Gasteiger partial charge is 0.462 e. The van der Waals surface area contributed by atoms with Crippen molar-refractivity contribution in [2.75, 3.05) is 18.5 Å². The van der Waals surface area contributed by atoms with E-state index in [4.69, 9.17) is 9.47 Å². The summed E-state index contributed by atoms with van der Waals surface area (Å²) in [5.41, 5.74) is 3.91. The van der Waals surface area contributed by atoms with Crippen molar-refractivity contribution in [2.24, 2.45) is 0 Å². The lowest BCUT2D eigenvalue weighted by Gasteiger charge is -2.28. The summed E-state index contributed by atoms with van der Waals surface area (Å²) >= 11 is 1.35.